The summed E-state index contributed by atoms with van der Waals surface area (Å²) in [4.78, 5) is 20.8. The van der Waals surface area contributed by atoms with Gasteiger partial charge in [-0.2, -0.15) is 9.97 Å². The van der Waals surface area contributed by atoms with E-state index in [2.05, 4.69) is 15.3 Å². The number of carbonyl (C=O) groups is 1. The highest BCUT2D eigenvalue weighted by molar-refractivity contribution is 5.95. The van der Waals surface area contributed by atoms with Crippen LogP contribution in [0.15, 0.2) is 30.3 Å². The van der Waals surface area contributed by atoms with Gasteiger partial charge in [-0.1, -0.05) is 12.1 Å². The zero-order valence-electron chi connectivity index (χ0n) is 15.0. The highest BCUT2D eigenvalue weighted by atomic mass is 16.5. The summed E-state index contributed by atoms with van der Waals surface area (Å²) in [5.41, 5.74) is 2.01. The molecule has 1 N–H and O–H groups in total. The van der Waals surface area contributed by atoms with Crippen molar-refractivity contribution < 1.29 is 19.0 Å². The van der Waals surface area contributed by atoms with Gasteiger partial charge in [0.15, 0.2) is 0 Å². The average molecular weight is 357 g/mol. The van der Waals surface area contributed by atoms with Gasteiger partial charge in [0.05, 0.1) is 19.9 Å². The second kappa shape index (κ2) is 8.62. The molecule has 3 rings (SSSR count). The number of aromatic nitrogens is 2. The van der Waals surface area contributed by atoms with Crippen molar-refractivity contribution in [3.63, 3.8) is 0 Å². The Morgan fingerprint density at radius 3 is 2.88 bits per heavy atom. The number of ether oxygens (including phenoxy) is 3. The molecule has 1 saturated heterocycles. The van der Waals surface area contributed by atoms with E-state index in [1.54, 1.807) is 18.2 Å². The zero-order chi connectivity index (χ0) is 18.4. The van der Waals surface area contributed by atoms with E-state index in [-0.39, 0.29) is 11.9 Å². The van der Waals surface area contributed by atoms with Crippen molar-refractivity contribution in [2.75, 3.05) is 34.0 Å². The molecular weight excluding hydrogens is 334 g/mol. The second-order valence-electron chi connectivity index (χ2n) is 6.14. The van der Waals surface area contributed by atoms with Crippen molar-refractivity contribution in [2.24, 2.45) is 5.92 Å². The van der Waals surface area contributed by atoms with Gasteiger partial charge in [-0.25, -0.2) is 0 Å². The van der Waals surface area contributed by atoms with Crippen molar-refractivity contribution in [3.8, 4) is 23.1 Å². The Kier molecular flexibility index (Phi) is 6.01. The third-order valence-electron chi connectivity index (χ3n) is 4.36. The van der Waals surface area contributed by atoms with Crippen molar-refractivity contribution >= 4 is 5.91 Å². The summed E-state index contributed by atoms with van der Waals surface area (Å²) in [7, 11) is 3.03. The number of amides is 1. The predicted octanol–water partition coefficient (Wildman–Crippen LogP) is 2.32. The molecule has 26 heavy (non-hydrogen) atoms. The lowest BCUT2D eigenvalue weighted by Gasteiger charge is -2.10. The Balaban J connectivity index is 1.70. The van der Waals surface area contributed by atoms with Gasteiger partial charge in [-0.3, -0.25) is 4.79 Å². The molecule has 1 amide bonds. The first kappa shape index (κ1) is 18.1. The molecule has 0 saturated carbocycles. The van der Waals surface area contributed by atoms with Crippen LogP contribution in [0.4, 0.5) is 0 Å². The topological polar surface area (TPSA) is 82.6 Å². The van der Waals surface area contributed by atoms with Crippen LogP contribution >= 0.6 is 0 Å². The molecule has 1 unspecified atom stereocenters. The first-order valence-electron chi connectivity index (χ1n) is 8.63. The molecule has 138 valence electrons. The molecule has 1 aliphatic heterocycles. The fraction of sp³-hybridized carbons (Fsp3) is 0.421. The van der Waals surface area contributed by atoms with E-state index >= 15 is 0 Å². The van der Waals surface area contributed by atoms with Crippen LogP contribution in [-0.4, -0.2) is 49.9 Å². The van der Waals surface area contributed by atoms with Crippen LogP contribution in [0.2, 0.25) is 0 Å². The molecule has 1 fully saturated rings. The molecule has 0 aliphatic carbocycles. The van der Waals surface area contributed by atoms with Crippen molar-refractivity contribution in [1.29, 1.82) is 0 Å². The SMILES string of the molecule is COc1cc(-c2cccc(C(=O)NCCC3CCOC3)c2)nc(OC)n1. The highest BCUT2D eigenvalue weighted by Gasteiger charge is 2.16. The monoisotopic (exact) mass is 357 g/mol. The summed E-state index contributed by atoms with van der Waals surface area (Å²) in [6, 6.07) is 9.22. The number of benzene rings is 1. The summed E-state index contributed by atoms with van der Waals surface area (Å²) < 4.78 is 15.6. The number of carbonyl (C=O) groups excluding carboxylic acids is 1. The van der Waals surface area contributed by atoms with Crippen LogP contribution < -0.4 is 14.8 Å². The van der Waals surface area contributed by atoms with Crippen molar-refractivity contribution in [1.82, 2.24) is 15.3 Å². The van der Waals surface area contributed by atoms with E-state index in [1.165, 1.54) is 14.2 Å². The fourth-order valence-electron chi connectivity index (χ4n) is 2.87. The normalized spacial score (nSPS) is 16.3. The quantitative estimate of drug-likeness (QED) is 0.819. The molecule has 1 aliphatic rings. The Morgan fingerprint density at radius 2 is 2.15 bits per heavy atom. The first-order valence-corrected chi connectivity index (χ1v) is 8.63. The van der Waals surface area contributed by atoms with Gasteiger partial charge < -0.3 is 19.5 Å². The third kappa shape index (κ3) is 4.49. The molecule has 1 aromatic carbocycles. The van der Waals surface area contributed by atoms with Crippen molar-refractivity contribution in [2.45, 2.75) is 12.8 Å². The molecule has 1 atom stereocenters. The summed E-state index contributed by atoms with van der Waals surface area (Å²) in [6.07, 6.45) is 2.01. The Hall–Kier alpha value is -2.67. The van der Waals surface area contributed by atoms with Crippen LogP contribution in [0.1, 0.15) is 23.2 Å². The van der Waals surface area contributed by atoms with Crippen LogP contribution in [0.3, 0.4) is 0 Å². The van der Waals surface area contributed by atoms with Gasteiger partial charge in [-0.05, 0) is 30.9 Å². The van der Waals surface area contributed by atoms with E-state index in [9.17, 15) is 4.79 Å². The second-order valence-corrected chi connectivity index (χ2v) is 6.14. The number of nitrogens with zero attached hydrogens (tertiary/aromatic N) is 2. The summed E-state index contributed by atoms with van der Waals surface area (Å²) in [6.45, 7) is 2.27. The Labute approximate surface area is 152 Å². The van der Waals surface area contributed by atoms with Crippen LogP contribution in [0, 0.1) is 5.92 Å². The van der Waals surface area contributed by atoms with E-state index in [4.69, 9.17) is 14.2 Å². The molecule has 2 heterocycles. The summed E-state index contributed by atoms with van der Waals surface area (Å²) >= 11 is 0. The molecular formula is C19H23N3O4. The molecule has 0 spiro atoms. The molecule has 1 aromatic heterocycles. The van der Waals surface area contributed by atoms with Crippen LogP contribution in [-0.2, 0) is 4.74 Å². The van der Waals surface area contributed by atoms with E-state index in [0.717, 1.165) is 31.6 Å². The smallest absolute Gasteiger partial charge is 0.320 e. The number of hydrogen-bond donors (Lipinski definition) is 1. The maximum absolute atomic E-state index is 12.4. The van der Waals surface area contributed by atoms with Gasteiger partial charge in [0.25, 0.3) is 5.91 Å². The summed E-state index contributed by atoms with van der Waals surface area (Å²) in [5, 5.41) is 2.97. The minimum Gasteiger partial charge on any atom is -0.481 e. The maximum Gasteiger partial charge on any atom is 0.320 e. The lowest BCUT2D eigenvalue weighted by molar-refractivity contribution is 0.0950. The number of nitrogens with one attached hydrogen (secondary N) is 1. The highest BCUT2D eigenvalue weighted by Crippen LogP contribution is 2.24. The van der Waals surface area contributed by atoms with Gasteiger partial charge in [-0.15, -0.1) is 0 Å². The maximum atomic E-state index is 12.4. The zero-order valence-corrected chi connectivity index (χ0v) is 15.0. The predicted molar refractivity (Wildman–Crippen MR) is 96.4 cm³/mol. The lowest BCUT2D eigenvalue weighted by Crippen LogP contribution is -2.26. The largest absolute Gasteiger partial charge is 0.481 e. The van der Waals surface area contributed by atoms with Crippen LogP contribution in [0.25, 0.3) is 11.3 Å². The van der Waals surface area contributed by atoms with E-state index in [0.29, 0.717) is 29.6 Å². The van der Waals surface area contributed by atoms with E-state index < -0.39 is 0 Å². The lowest BCUT2D eigenvalue weighted by atomic mass is 10.0. The molecule has 0 radical (unpaired) electrons. The Morgan fingerprint density at radius 1 is 1.27 bits per heavy atom. The minimum absolute atomic E-state index is 0.0984. The molecule has 2 aromatic rings. The average Bonchev–Trinajstić information content (AvgIpc) is 3.21. The third-order valence-corrected chi connectivity index (χ3v) is 4.36. The minimum atomic E-state index is -0.0984. The summed E-state index contributed by atoms with van der Waals surface area (Å²) in [5.74, 6) is 0.849. The van der Waals surface area contributed by atoms with Gasteiger partial charge >= 0.3 is 6.01 Å². The number of methoxy groups -OCH3 is 2. The fourth-order valence-corrected chi connectivity index (χ4v) is 2.87. The van der Waals surface area contributed by atoms with E-state index in [1.807, 2.05) is 12.1 Å². The standard InChI is InChI=1S/C19H23N3O4/c1-24-17-11-16(21-19(22-17)25-2)14-4-3-5-15(10-14)18(23)20-8-6-13-7-9-26-12-13/h3-5,10-11,13H,6-9,12H2,1-2H3,(H,20,23). The van der Waals surface area contributed by atoms with Gasteiger partial charge in [0.1, 0.15) is 0 Å². The molecule has 7 nitrogen and oxygen atoms in total. The van der Waals surface area contributed by atoms with Gasteiger partial charge in [0.2, 0.25) is 5.88 Å². The number of hydrogen-bond acceptors (Lipinski definition) is 6. The number of rotatable bonds is 7. The first-order chi connectivity index (χ1) is 12.7. The van der Waals surface area contributed by atoms with Gasteiger partial charge in [0, 0.05) is 37.0 Å². The van der Waals surface area contributed by atoms with Crippen LogP contribution in [0.5, 0.6) is 11.9 Å². The Bertz CT molecular complexity index is 738. The molecule has 7 heteroatoms. The molecule has 0 bridgehead atoms. The van der Waals surface area contributed by atoms with Crippen molar-refractivity contribution in [3.05, 3.63) is 35.9 Å².